The summed E-state index contributed by atoms with van der Waals surface area (Å²) < 4.78 is 94.5. The van der Waals surface area contributed by atoms with E-state index in [1.165, 1.54) is 0 Å². The number of alkyl halides is 6. The fourth-order valence-corrected chi connectivity index (χ4v) is 6.62. The van der Waals surface area contributed by atoms with E-state index < -0.39 is 23.5 Å². The highest BCUT2D eigenvalue weighted by molar-refractivity contribution is 5.76. The van der Waals surface area contributed by atoms with Crippen molar-refractivity contribution in [3.8, 4) is 5.75 Å². The molecular formula is C36H41F6N5O2. The van der Waals surface area contributed by atoms with Crippen LogP contribution in [0.2, 0.25) is 0 Å². The SMILES string of the molecule is COc1ccc(C(C)C)cc1C1=C(CN(Cc2cc(C(F)(F)F)cc(C(F)(F)F)c2)c2ncc(N3CCOCC3)cn2)CN(C2CC2)CC1. The third kappa shape index (κ3) is 8.31. The summed E-state index contributed by atoms with van der Waals surface area (Å²) in [6.07, 6.45) is -3.72. The van der Waals surface area contributed by atoms with Crippen LogP contribution < -0.4 is 14.5 Å². The Morgan fingerprint density at radius 2 is 1.55 bits per heavy atom. The first-order chi connectivity index (χ1) is 23.3. The third-order valence-electron chi connectivity index (χ3n) is 9.43. The van der Waals surface area contributed by atoms with Crippen molar-refractivity contribution in [1.82, 2.24) is 14.9 Å². The van der Waals surface area contributed by atoms with Gasteiger partial charge in [0.1, 0.15) is 5.75 Å². The van der Waals surface area contributed by atoms with Gasteiger partial charge in [-0.15, -0.1) is 0 Å². The van der Waals surface area contributed by atoms with Crippen LogP contribution in [0.25, 0.3) is 5.57 Å². The minimum atomic E-state index is -4.96. The summed E-state index contributed by atoms with van der Waals surface area (Å²) in [6.45, 7) is 8.01. The van der Waals surface area contributed by atoms with Crippen molar-refractivity contribution in [1.29, 1.82) is 0 Å². The zero-order valence-electron chi connectivity index (χ0n) is 27.9. The number of anilines is 2. The Morgan fingerprint density at radius 3 is 2.12 bits per heavy atom. The molecule has 0 radical (unpaired) electrons. The van der Waals surface area contributed by atoms with Crippen LogP contribution >= 0.6 is 0 Å². The maximum absolute atomic E-state index is 13.9. The number of ether oxygens (including phenoxy) is 2. The van der Waals surface area contributed by atoms with Gasteiger partial charge in [-0.3, -0.25) is 4.90 Å². The molecule has 264 valence electrons. The van der Waals surface area contributed by atoms with E-state index in [1.54, 1.807) is 24.4 Å². The summed E-state index contributed by atoms with van der Waals surface area (Å²) in [5.41, 5.74) is 2.06. The summed E-state index contributed by atoms with van der Waals surface area (Å²) in [5.74, 6) is 1.18. The number of hydrogen-bond acceptors (Lipinski definition) is 7. The number of benzene rings is 2. The quantitative estimate of drug-likeness (QED) is 0.201. The molecule has 0 N–H and O–H groups in total. The van der Waals surface area contributed by atoms with Gasteiger partial charge >= 0.3 is 12.4 Å². The molecule has 2 aliphatic heterocycles. The number of morpholine rings is 1. The van der Waals surface area contributed by atoms with Crippen molar-refractivity contribution < 1.29 is 35.8 Å². The van der Waals surface area contributed by atoms with Crippen LogP contribution in [0.4, 0.5) is 38.0 Å². The predicted octanol–water partition coefficient (Wildman–Crippen LogP) is 7.81. The smallest absolute Gasteiger partial charge is 0.416 e. The molecule has 0 amide bonds. The van der Waals surface area contributed by atoms with E-state index in [1.807, 2.05) is 12.1 Å². The molecule has 0 spiro atoms. The fraction of sp³-hybridized carbons (Fsp3) is 0.500. The average molecular weight is 690 g/mol. The van der Waals surface area contributed by atoms with Crippen molar-refractivity contribution in [3.63, 3.8) is 0 Å². The summed E-state index contributed by atoms with van der Waals surface area (Å²) in [6, 6.07) is 8.30. The van der Waals surface area contributed by atoms with Crippen molar-refractivity contribution >= 4 is 17.2 Å². The van der Waals surface area contributed by atoms with Gasteiger partial charge in [0, 0.05) is 50.9 Å². The number of nitrogens with zero attached hydrogens (tertiary/aromatic N) is 5. The molecule has 1 saturated heterocycles. The van der Waals surface area contributed by atoms with Gasteiger partial charge in [-0.1, -0.05) is 19.9 Å². The Hall–Kier alpha value is -3.84. The largest absolute Gasteiger partial charge is 0.496 e. The number of halogens is 6. The van der Waals surface area contributed by atoms with Gasteiger partial charge in [0.25, 0.3) is 0 Å². The Bertz CT molecular complexity index is 1610. The van der Waals surface area contributed by atoms with E-state index in [4.69, 9.17) is 9.47 Å². The van der Waals surface area contributed by atoms with E-state index >= 15 is 0 Å². The second-order valence-electron chi connectivity index (χ2n) is 13.3. The lowest BCUT2D eigenvalue weighted by Gasteiger charge is -2.35. The third-order valence-corrected chi connectivity index (χ3v) is 9.43. The molecule has 1 aliphatic carbocycles. The molecular weight excluding hydrogens is 648 g/mol. The summed E-state index contributed by atoms with van der Waals surface area (Å²) >= 11 is 0. The monoisotopic (exact) mass is 689 g/mol. The Morgan fingerprint density at radius 1 is 0.898 bits per heavy atom. The van der Waals surface area contributed by atoms with Crippen molar-refractivity contribution in [2.75, 3.05) is 62.8 Å². The van der Waals surface area contributed by atoms with Gasteiger partial charge in [0.05, 0.1) is 49.5 Å². The molecule has 6 rings (SSSR count). The van der Waals surface area contributed by atoms with Crippen LogP contribution in [0, 0.1) is 0 Å². The highest BCUT2D eigenvalue weighted by Gasteiger charge is 2.38. The summed E-state index contributed by atoms with van der Waals surface area (Å²) in [7, 11) is 1.62. The van der Waals surface area contributed by atoms with Crippen LogP contribution in [-0.4, -0.2) is 74.0 Å². The van der Waals surface area contributed by atoms with E-state index in [0.29, 0.717) is 44.6 Å². The normalized spacial score (nSPS) is 18.0. The molecule has 1 saturated carbocycles. The zero-order chi connectivity index (χ0) is 34.9. The Balaban J connectivity index is 1.44. The number of hydrogen-bond donors (Lipinski definition) is 0. The molecule has 2 aromatic carbocycles. The van der Waals surface area contributed by atoms with Gasteiger partial charge < -0.3 is 19.3 Å². The molecule has 7 nitrogen and oxygen atoms in total. The first kappa shape index (κ1) is 35.0. The van der Waals surface area contributed by atoms with Gasteiger partial charge in [0.15, 0.2) is 0 Å². The van der Waals surface area contributed by atoms with Gasteiger partial charge in [0.2, 0.25) is 5.95 Å². The molecule has 3 aliphatic rings. The molecule has 3 heterocycles. The number of methoxy groups -OCH3 is 1. The first-order valence-corrected chi connectivity index (χ1v) is 16.6. The van der Waals surface area contributed by atoms with Crippen LogP contribution in [-0.2, 0) is 23.6 Å². The van der Waals surface area contributed by atoms with E-state index in [0.717, 1.165) is 65.9 Å². The van der Waals surface area contributed by atoms with Crippen molar-refractivity contribution in [2.24, 2.45) is 0 Å². The molecule has 1 aromatic heterocycles. The molecule has 13 heteroatoms. The fourth-order valence-electron chi connectivity index (χ4n) is 6.62. The summed E-state index contributed by atoms with van der Waals surface area (Å²) in [5, 5.41) is 0. The van der Waals surface area contributed by atoms with E-state index in [-0.39, 0.29) is 36.6 Å². The number of rotatable bonds is 10. The maximum Gasteiger partial charge on any atom is 0.416 e. The van der Waals surface area contributed by atoms with Crippen molar-refractivity contribution in [2.45, 2.75) is 64.0 Å². The standard InChI is InChI=1S/C36H41F6N5O2/c1-23(2)25-4-7-33(48-3)32(16-25)31-8-9-46(29-5-6-29)21-26(31)22-47(34-43-18-30(19-44-34)45-10-12-49-13-11-45)20-24-14-27(35(37,38)39)17-28(15-24)36(40,41)42/h4,7,14-19,23,29H,5-6,8-13,20-22H2,1-3H3. The highest BCUT2D eigenvalue weighted by Crippen LogP contribution is 2.40. The lowest BCUT2D eigenvalue weighted by Crippen LogP contribution is -2.38. The minimum Gasteiger partial charge on any atom is -0.496 e. The molecule has 0 unspecified atom stereocenters. The van der Waals surface area contributed by atoms with E-state index in [2.05, 4.69) is 39.7 Å². The van der Waals surface area contributed by atoms with Crippen molar-refractivity contribution in [3.05, 3.63) is 82.2 Å². The van der Waals surface area contributed by atoms with Crippen LogP contribution in [0.15, 0.2) is 54.4 Å². The van der Waals surface area contributed by atoms with Gasteiger partial charge in [-0.2, -0.15) is 26.3 Å². The van der Waals surface area contributed by atoms with Crippen LogP contribution in [0.5, 0.6) is 5.75 Å². The number of aromatic nitrogens is 2. The second kappa shape index (κ2) is 14.2. The van der Waals surface area contributed by atoms with Gasteiger partial charge in [-0.25, -0.2) is 9.97 Å². The Labute approximate surface area is 282 Å². The average Bonchev–Trinajstić information content (AvgIpc) is 3.93. The molecule has 0 atom stereocenters. The highest BCUT2D eigenvalue weighted by atomic mass is 19.4. The summed E-state index contributed by atoms with van der Waals surface area (Å²) in [4.78, 5) is 15.4. The molecule has 2 fully saturated rings. The second-order valence-corrected chi connectivity index (χ2v) is 13.3. The van der Waals surface area contributed by atoms with Crippen LogP contribution in [0.1, 0.15) is 66.8 Å². The first-order valence-electron chi connectivity index (χ1n) is 16.6. The zero-order valence-corrected chi connectivity index (χ0v) is 27.9. The predicted molar refractivity (Wildman–Crippen MR) is 176 cm³/mol. The van der Waals surface area contributed by atoms with E-state index in [9.17, 15) is 26.3 Å². The molecule has 0 bridgehead atoms. The molecule has 3 aromatic rings. The lowest BCUT2D eigenvalue weighted by molar-refractivity contribution is -0.143. The maximum atomic E-state index is 13.9. The topological polar surface area (TPSA) is 54.0 Å². The minimum absolute atomic E-state index is 0.139. The molecule has 49 heavy (non-hydrogen) atoms. The lowest BCUT2D eigenvalue weighted by atomic mass is 9.89. The Kier molecular flexibility index (Phi) is 10.1. The van der Waals surface area contributed by atoms with Gasteiger partial charge in [-0.05, 0) is 77.8 Å². The van der Waals surface area contributed by atoms with Crippen LogP contribution in [0.3, 0.4) is 0 Å².